The van der Waals surface area contributed by atoms with Gasteiger partial charge in [0.05, 0.1) is 26.4 Å². The van der Waals surface area contributed by atoms with Crippen molar-refractivity contribution in [2.75, 3.05) is 47.1 Å². The molecule has 0 radical (unpaired) electrons. The minimum absolute atomic E-state index is 0.109. The zero-order chi connectivity index (χ0) is 14.4. The highest BCUT2D eigenvalue weighted by Gasteiger charge is 2.25. The Hall–Kier alpha value is -1.44. The highest BCUT2D eigenvalue weighted by atomic mass is 16.5. The molecule has 0 saturated carbocycles. The Balaban J connectivity index is 2.11. The van der Waals surface area contributed by atoms with Crippen LogP contribution in [0.5, 0.6) is 0 Å². The predicted molar refractivity (Wildman–Crippen MR) is 71.6 cm³/mol. The van der Waals surface area contributed by atoms with Gasteiger partial charge in [0.1, 0.15) is 0 Å². The number of amides is 1. The molecule has 112 valence electrons. The highest BCUT2D eigenvalue weighted by molar-refractivity contribution is 5.94. The number of carbonyl (C=O) groups excluding carboxylic acids is 1. The molecular weight excluding hydrogens is 262 g/mol. The minimum atomic E-state index is -0.109. The Morgan fingerprint density at radius 2 is 2.05 bits per heavy atom. The molecule has 0 fully saturated rings. The smallest absolute Gasteiger partial charge is 0.274 e. The van der Waals surface area contributed by atoms with Gasteiger partial charge in [0.25, 0.3) is 5.91 Å². The van der Waals surface area contributed by atoms with E-state index in [1.165, 1.54) is 0 Å². The number of ether oxygens (including phenoxy) is 3. The lowest BCUT2D eigenvalue weighted by Gasteiger charge is -2.22. The van der Waals surface area contributed by atoms with E-state index in [4.69, 9.17) is 14.2 Å². The predicted octanol–water partition coefficient (Wildman–Crippen LogP) is 0.217. The van der Waals surface area contributed by atoms with E-state index in [0.29, 0.717) is 45.2 Å². The molecule has 7 nitrogen and oxygen atoms in total. The van der Waals surface area contributed by atoms with Crippen molar-refractivity contribution >= 4 is 5.91 Å². The largest absolute Gasteiger partial charge is 0.383 e. The van der Waals surface area contributed by atoms with E-state index in [-0.39, 0.29) is 5.91 Å². The third kappa shape index (κ3) is 3.36. The number of hydrogen-bond donors (Lipinski definition) is 1. The van der Waals surface area contributed by atoms with Crippen molar-refractivity contribution in [3.05, 3.63) is 17.0 Å². The molecule has 0 saturated heterocycles. The van der Waals surface area contributed by atoms with E-state index in [1.54, 1.807) is 19.1 Å². The molecule has 2 rings (SSSR count). The van der Waals surface area contributed by atoms with Gasteiger partial charge in [0.15, 0.2) is 5.69 Å². The normalized spacial score (nSPS) is 14.1. The summed E-state index contributed by atoms with van der Waals surface area (Å²) >= 11 is 0. The molecule has 20 heavy (non-hydrogen) atoms. The van der Waals surface area contributed by atoms with Crippen LogP contribution in [0.1, 0.15) is 21.7 Å². The van der Waals surface area contributed by atoms with Crippen molar-refractivity contribution in [2.45, 2.75) is 13.0 Å². The molecule has 1 N–H and O–H groups in total. The molecule has 1 aliphatic rings. The highest BCUT2D eigenvalue weighted by Crippen LogP contribution is 2.19. The van der Waals surface area contributed by atoms with Crippen LogP contribution < -0.4 is 0 Å². The summed E-state index contributed by atoms with van der Waals surface area (Å²) < 4.78 is 15.5. The number of hydrogen-bond acceptors (Lipinski definition) is 5. The SMILES string of the molecule is COCCN(CCOC)C(=O)c1n[nH]c2c1COCC2. The molecule has 0 bridgehead atoms. The molecule has 1 aliphatic heterocycles. The quantitative estimate of drug-likeness (QED) is 0.774. The lowest BCUT2D eigenvalue weighted by molar-refractivity contribution is 0.0612. The monoisotopic (exact) mass is 283 g/mol. The Labute approximate surface area is 118 Å². The number of H-pyrrole nitrogens is 1. The third-order valence-corrected chi connectivity index (χ3v) is 3.32. The minimum Gasteiger partial charge on any atom is -0.383 e. The van der Waals surface area contributed by atoms with E-state index in [0.717, 1.165) is 17.7 Å². The van der Waals surface area contributed by atoms with Gasteiger partial charge in [-0.05, 0) is 0 Å². The molecule has 7 heteroatoms. The van der Waals surface area contributed by atoms with Gasteiger partial charge in [-0.15, -0.1) is 0 Å². The summed E-state index contributed by atoms with van der Waals surface area (Å²) in [6.07, 6.45) is 0.770. The standard InChI is InChI=1S/C13H21N3O4/c1-18-7-4-16(5-8-19-2)13(17)12-10-9-20-6-3-11(10)14-15-12/h3-9H2,1-2H3,(H,14,15). The average Bonchev–Trinajstić information content (AvgIpc) is 2.91. The molecule has 0 unspecified atom stereocenters. The summed E-state index contributed by atoms with van der Waals surface area (Å²) in [5.74, 6) is -0.109. The number of nitrogens with zero attached hydrogens (tertiary/aromatic N) is 2. The molecule has 0 aliphatic carbocycles. The van der Waals surface area contributed by atoms with Gasteiger partial charge in [-0.1, -0.05) is 0 Å². The molecule has 0 aromatic carbocycles. The number of aromatic amines is 1. The fourth-order valence-electron chi connectivity index (χ4n) is 2.16. The second kappa shape index (κ2) is 7.37. The van der Waals surface area contributed by atoms with Crippen LogP contribution in [0.4, 0.5) is 0 Å². The van der Waals surface area contributed by atoms with Crippen molar-refractivity contribution in [1.82, 2.24) is 15.1 Å². The summed E-state index contributed by atoms with van der Waals surface area (Å²) in [4.78, 5) is 14.3. The third-order valence-electron chi connectivity index (χ3n) is 3.32. The fraction of sp³-hybridized carbons (Fsp3) is 0.692. The first kappa shape index (κ1) is 15.0. The van der Waals surface area contributed by atoms with Crippen LogP contribution in [-0.4, -0.2) is 68.1 Å². The molecule has 1 amide bonds. The van der Waals surface area contributed by atoms with Crippen molar-refractivity contribution in [3.8, 4) is 0 Å². The first-order valence-electron chi connectivity index (χ1n) is 6.69. The lowest BCUT2D eigenvalue weighted by Crippen LogP contribution is -2.37. The summed E-state index contributed by atoms with van der Waals surface area (Å²) in [5, 5.41) is 7.09. The molecule has 1 aromatic heterocycles. The molecule has 0 atom stereocenters. The van der Waals surface area contributed by atoms with Gasteiger partial charge < -0.3 is 19.1 Å². The Morgan fingerprint density at radius 3 is 2.70 bits per heavy atom. The number of methoxy groups -OCH3 is 2. The van der Waals surface area contributed by atoms with E-state index < -0.39 is 0 Å². The maximum Gasteiger partial charge on any atom is 0.274 e. The number of aromatic nitrogens is 2. The van der Waals surface area contributed by atoms with Crippen LogP contribution >= 0.6 is 0 Å². The molecular formula is C13H21N3O4. The maximum atomic E-state index is 12.6. The first-order valence-corrected chi connectivity index (χ1v) is 6.69. The van der Waals surface area contributed by atoms with Crippen LogP contribution in [0, 0.1) is 0 Å². The maximum absolute atomic E-state index is 12.6. The van der Waals surface area contributed by atoms with E-state index in [9.17, 15) is 4.79 Å². The number of rotatable bonds is 7. The van der Waals surface area contributed by atoms with E-state index in [1.807, 2.05) is 0 Å². The van der Waals surface area contributed by atoms with Gasteiger partial charge in [-0.2, -0.15) is 5.10 Å². The van der Waals surface area contributed by atoms with Gasteiger partial charge in [-0.3, -0.25) is 9.89 Å². The van der Waals surface area contributed by atoms with Gasteiger partial charge in [0.2, 0.25) is 0 Å². The van der Waals surface area contributed by atoms with Crippen molar-refractivity contribution in [3.63, 3.8) is 0 Å². The summed E-state index contributed by atoms with van der Waals surface area (Å²) in [6.45, 7) is 3.11. The van der Waals surface area contributed by atoms with Gasteiger partial charge in [-0.25, -0.2) is 0 Å². The van der Waals surface area contributed by atoms with Crippen LogP contribution in [0.25, 0.3) is 0 Å². The van der Waals surface area contributed by atoms with Crippen LogP contribution in [0.3, 0.4) is 0 Å². The van der Waals surface area contributed by atoms with Crippen molar-refractivity contribution in [2.24, 2.45) is 0 Å². The second-order valence-electron chi connectivity index (χ2n) is 4.61. The summed E-state index contributed by atoms with van der Waals surface area (Å²) in [7, 11) is 3.23. The Morgan fingerprint density at radius 1 is 1.35 bits per heavy atom. The Bertz CT molecular complexity index is 439. The topological polar surface area (TPSA) is 76.7 Å². The molecule has 2 heterocycles. The van der Waals surface area contributed by atoms with Gasteiger partial charge >= 0.3 is 0 Å². The van der Waals surface area contributed by atoms with Crippen LogP contribution in [0.15, 0.2) is 0 Å². The van der Waals surface area contributed by atoms with E-state index in [2.05, 4.69) is 10.2 Å². The van der Waals surface area contributed by atoms with Crippen LogP contribution in [-0.2, 0) is 27.2 Å². The Kier molecular flexibility index (Phi) is 5.51. The van der Waals surface area contributed by atoms with Crippen LogP contribution in [0.2, 0.25) is 0 Å². The fourth-order valence-corrected chi connectivity index (χ4v) is 2.16. The number of carbonyl (C=O) groups is 1. The van der Waals surface area contributed by atoms with Crippen molar-refractivity contribution < 1.29 is 19.0 Å². The lowest BCUT2D eigenvalue weighted by atomic mass is 10.1. The van der Waals surface area contributed by atoms with E-state index >= 15 is 0 Å². The zero-order valence-electron chi connectivity index (χ0n) is 12.0. The number of fused-ring (bicyclic) bond motifs is 1. The van der Waals surface area contributed by atoms with Crippen molar-refractivity contribution in [1.29, 1.82) is 0 Å². The second-order valence-corrected chi connectivity index (χ2v) is 4.61. The van der Waals surface area contributed by atoms with Gasteiger partial charge in [0, 0.05) is 45.0 Å². The molecule has 0 spiro atoms. The average molecular weight is 283 g/mol. The number of nitrogens with one attached hydrogen (secondary N) is 1. The summed E-state index contributed by atoms with van der Waals surface area (Å²) in [6, 6.07) is 0. The zero-order valence-corrected chi connectivity index (χ0v) is 12.0. The summed E-state index contributed by atoms with van der Waals surface area (Å²) in [5.41, 5.74) is 2.33. The molecule has 1 aromatic rings. The first-order chi connectivity index (χ1) is 9.77.